The zero-order valence-corrected chi connectivity index (χ0v) is 17.2. The third-order valence-electron chi connectivity index (χ3n) is 4.40. The van der Waals surface area contributed by atoms with E-state index in [-0.39, 0.29) is 11.9 Å². The van der Waals surface area contributed by atoms with E-state index in [1.807, 2.05) is 50.2 Å². The molecule has 0 spiro atoms. The monoisotopic (exact) mass is 404 g/mol. The Bertz CT molecular complexity index is 1050. The van der Waals surface area contributed by atoms with Crippen molar-refractivity contribution in [3.63, 3.8) is 0 Å². The van der Waals surface area contributed by atoms with Crippen LogP contribution in [0.4, 0.5) is 16.2 Å². The molecule has 2 aromatic carbocycles. The van der Waals surface area contributed by atoms with Gasteiger partial charge < -0.3 is 20.7 Å². The Labute approximate surface area is 175 Å². The number of nitrogens with one attached hydrogen (secondary N) is 3. The maximum atomic E-state index is 12.1. The molecule has 0 radical (unpaired) electrons. The van der Waals surface area contributed by atoms with Crippen molar-refractivity contribution in [3.05, 3.63) is 77.5 Å². The molecule has 0 atom stereocenters. The Morgan fingerprint density at radius 2 is 1.77 bits per heavy atom. The molecule has 1 aromatic heterocycles. The standard InChI is InChI=1S/C23H24N4O3/c1-15-7-9-21(11-16(15)2)30-22-10-8-20(14-24-22)27-23(29)25-13-18-5-4-6-19(12-18)26-17(3)28/h4-12,14H,13H2,1-3H3,(H,26,28)(H2,25,27,29). The van der Waals surface area contributed by atoms with Crippen LogP contribution in [0.5, 0.6) is 11.6 Å². The summed E-state index contributed by atoms with van der Waals surface area (Å²) in [7, 11) is 0. The van der Waals surface area contributed by atoms with Gasteiger partial charge in [-0.1, -0.05) is 18.2 Å². The predicted octanol–water partition coefficient (Wildman–Crippen LogP) is 4.77. The molecule has 3 rings (SSSR count). The van der Waals surface area contributed by atoms with Gasteiger partial charge in [-0.3, -0.25) is 4.79 Å². The number of rotatable bonds is 6. The van der Waals surface area contributed by atoms with Crippen LogP contribution in [0.25, 0.3) is 0 Å². The quantitative estimate of drug-likeness (QED) is 0.552. The zero-order chi connectivity index (χ0) is 21.5. The first-order valence-corrected chi connectivity index (χ1v) is 9.51. The summed E-state index contributed by atoms with van der Waals surface area (Å²) in [6, 6.07) is 16.2. The zero-order valence-electron chi connectivity index (χ0n) is 17.2. The summed E-state index contributed by atoms with van der Waals surface area (Å²) in [6.45, 7) is 5.84. The fourth-order valence-corrected chi connectivity index (χ4v) is 2.73. The summed E-state index contributed by atoms with van der Waals surface area (Å²) >= 11 is 0. The van der Waals surface area contributed by atoms with Gasteiger partial charge in [-0.2, -0.15) is 0 Å². The second-order valence-electron chi connectivity index (χ2n) is 6.92. The number of aromatic nitrogens is 1. The molecule has 154 valence electrons. The Morgan fingerprint density at radius 1 is 0.933 bits per heavy atom. The summed E-state index contributed by atoms with van der Waals surface area (Å²) in [5.74, 6) is 1.01. The molecule has 3 N–H and O–H groups in total. The normalized spacial score (nSPS) is 10.2. The average Bonchev–Trinajstić information content (AvgIpc) is 2.70. The van der Waals surface area contributed by atoms with Gasteiger partial charge in [0.25, 0.3) is 0 Å². The molecule has 1 heterocycles. The van der Waals surface area contributed by atoms with Crippen LogP contribution in [0, 0.1) is 13.8 Å². The SMILES string of the molecule is CC(=O)Nc1cccc(CNC(=O)Nc2ccc(Oc3ccc(C)c(C)c3)nc2)c1. The van der Waals surface area contributed by atoms with E-state index in [4.69, 9.17) is 4.74 Å². The molecule has 7 nitrogen and oxygen atoms in total. The molecule has 3 aromatic rings. The van der Waals surface area contributed by atoms with E-state index in [0.29, 0.717) is 29.5 Å². The van der Waals surface area contributed by atoms with Gasteiger partial charge in [0.05, 0.1) is 11.9 Å². The number of anilines is 2. The number of amides is 3. The van der Waals surface area contributed by atoms with Crippen LogP contribution in [-0.4, -0.2) is 16.9 Å². The van der Waals surface area contributed by atoms with E-state index in [1.165, 1.54) is 18.7 Å². The first-order chi connectivity index (χ1) is 14.4. The number of carbonyl (C=O) groups is 2. The van der Waals surface area contributed by atoms with Crippen molar-refractivity contribution >= 4 is 23.3 Å². The highest BCUT2D eigenvalue weighted by Crippen LogP contribution is 2.23. The number of benzene rings is 2. The molecular formula is C23H24N4O3. The van der Waals surface area contributed by atoms with Crippen molar-refractivity contribution in [2.45, 2.75) is 27.3 Å². The van der Waals surface area contributed by atoms with Crippen LogP contribution in [-0.2, 0) is 11.3 Å². The molecule has 7 heteroatoms. The maximum Gasteiger partial charge on any atom is 0.319 e. The van der Waals surface area contributed by atoms with Gasteiger partial charge in [-0.15, -0.1) is 0 Å². The van der Waals surface area contributed by atoms with Gasteiger partial charge in [-0.25, -0.2) is 9.78 Å². The average molecular weight is 404 g/mol. The van der Waals surface area contributed by atoms with E-state index in [9.17, 15) is 9.59 Å². The van der Waals surface area contributed by atoms with Crippen LogP contribution in [0.15, 0.2) is 60.8 Å². The summed E-state index contributed by atoms with van der Waals surface area (Å²) in [6.07, 6.45) is 1.54. The predicted molar refractivity (Wildman–Crippen MR) is 117 cm³/mol. The van der Waals surface area contributed by atoms with Crippen molar-refractivity contribution in [1.82, 2.24) is 10.3 Å². The second kappa shape index (κ2) is 9.56. The minimum Gasteiger partial charge on any atom is -0.439 e. The lowest BCUT2D eigenvalue weighted by atomic mass is 10.1. The van der Waals surface area contributed by atoms with Crippen LogP contribution in [0.1, 0.15) is 23.6 Å². The number of hydrogen-bond donors (Lipinski definition) is 3. The van der Waals surface area contributed by atoms with Crippen molar-refractivity contribution in [1.29, 1.82) is 0 Å². The summed E-state index contributed by atoms with van der Waals surface area (Å²) in [5, 5.41) is 8.21. The number of urea groups is 1. The van der Waals surface area contributed by atoms with Crippen LogP contribution in [0.2, 0.25) is 0 Å². The summed E-state index contributed by atoms with van der Waals surface area (Å²) in [4.78, 5) is 27.5. The molecule has 0 aliphatic carbocycles. The molecule has 0 bridgehead atoms. The molecule has 0 aliphatic heterocycles. The number of carbonyl (C=O) groups excluding carboxylic acids is 2. The molecule has 0 aliphatic rings. The summed E-state index contributed by atoms with van der Waals surface area (Å²) in [5.41, 5.74) is 4.44. The van der Waals surface area contributed by atoms with Gasteiger partial charge in [0, 0.05) is 25.2 Å². The van der Waals surface area contributed by atoms with Gasteiger partial charge >= 0.3 is 6.03 Å². The minimum absolute atomic E-state index is 0.143. The Kier molecular flexibility index (Phi) is 6.64. The van der Waals surface area contributed by atoms with E-state index >= 15 is 0 Å². The summed E-state index contributed by atoms with van der Waals surface area (Å²) < 4.78 is 5.75. The van der Waals surface area contributed by atoms with E-state index < -0.39 is 0 Å². The third kappa shape index (κ3) is 6.07. The Balaban J connectivity index is 1.52. The van der Waals surface area contributed by atoms with Crippen LogP contribution in [0.3, 0.4) is 0 Å². The molecule has 3 amide bonds. The van der Waals surface area contributed by atoms with Gasteiger partial charge in [0.2, 0.25) is 11.8 Å². The molecular weight excluding hydrogens is 380 g/mol. The van der Waals surface area contributed by atoms with Crippen LogP contribution < -0.4 is 20.7 Å². The minimum atomic E-state index is -0.357. The molecule has 0 saturated carbocycles. The highest BCUT2D eigenvalue weighted by Gasteiger charge is 2.05. The molecule has 0 unspecified atom stereocenters. The number of pyridine rings is 1. The lowest BCUT2D eigenvalue weighted by Crippen LogP contribution is -2.28. The van der Waals surface area contributed by atoms with Crippen molar-refractivity contribution in [2.75, 3.05) is 10.6 Å². The first kappa shape index (κ1) is 20.9. The van der Waals surface area contributed by atoms with Crippen LogP contribution >= 0.6 is 0 Å². The third-order valence-corrected chi connectivity index (χ3v) is 4.40. The Morgan fingerprint density at radius 3 is 2.47 bits per heavy atom. The van der Waals surface area contributed by atoms with Crippen molar-refractivity contribution in [3.8, 4) is 11.6 Å². The Hall–Kier alpha value is -3.87. The smallest absolute Gasteiger partial charge is 0.319 e. The largest absolute Gasteiger partial charge is 0.439 e. The number of ether oxygens (including phenoxy) is 1. The van der Waals surface area contributed by atoms with Crippen molar-refractivity contribution < 1.29 is 14.3 Å². The second-order valence-corrected chi connectivity index (χ2v) is 6.92. The molecule has 0 saturated heterocycles. The van der Waals surface area contributed by atoms with E-state index in [0.717, 1.165) is 11.1 Å². The fourth-order valence-electron chi connectivity index (χ4n) is 2.73. The van der Waals surface area contributed by atoms with Crippen molar-refractivity contribution in [2.24, 2.45) is 0 Å². The molecule has 30 heavy (non-hydrogen) atoms. The lowest BCUT2D eigenvalue weighted by molar-refractivity contribution is -0.114. The van der Waals surface area contributed by atoms with Gasteiger partial charge in [0.15, 0.2) is 0 Å². The fraction of sp³-hybridized carbons (Fsp3) is 0.174. The highest BCUT2D eigenvalue weighted by molar-refractivity contribution is 5.89. The molecule has 0 fully saturated rings. The maximum absolute atomic E-state index is 12.1. The number of nitrogens with zero attached hydrogens (tertiary/aromatic N) is 1. The highest BCUT2D eigenvalue weighted by atomic mass is 16.5. The van der Waals surface area contributed by atoms with Gasteiger partial charge in [-0.05, 0) is 60.9 Å². The topological polar surface area (TPSA) is 92.4 Å². The van der Waals surface area contributed by atoms with E-state index in [1.54, 1.807) is 18.2 Å². The first-order valence-electron chi connectivity index (χ1n) is 9.51. The van der Waals surface area contributed by atoms with Gasteiger partial charge in [0.1, 0.15) is 5.75 Å². The number of hydrogen-bond acceptors (Lipinski definition) is 4. The van der Waals surface area contributed by atoms with E-state index in [2.05, 4.69) is 20.9 Å². The lowest BCUT2D eigenvalue weighted by Gasteiger charge is -2.10. The number of aryl methyl sites for hydroxylation is 2.